The molecule has 3 heteroatoms. The predicted molar refractivity (Wildman–Crippen MR) is 192 cm³/mol. The van der Waals surface area contributed by atoms with Gasteiger partial charge >= 0.3 is 0 Å². The first-order chi connectivity index (χ1) is 22.3. The minimum atomic E-state index is 0.880. The average molecular weight is 594 g/mol. The molecule has 0 saturated heterocycles. The standard InChI is InChI=1S/C42H27NOS/c1-2-11-28(12-3-1)29-23-25-31(26-24-29)43(37-19-10-21-39-41(37)36-16-4-6-20-38(36)44-39)32-14-8-13-30(27-32)33-17-9-18-35-34-15-5-7-22-40(34)45-42(33)35/h1-27H. The molecule has 0 unspecified atom stereocenters. The number of hydrogen-bond acceptors (Lipinski definition) is 3. The van der Waals surface area contributed by atoms with Crippen LogP contribution in [0.2, 0.25) is 0 Å². The third-order valence-corrected chi connectivity index (χ3v) is 9.89. The lowest BCUT2D eigenvalue weighted by molar-refractivity contribution is 0.669. The molecule has 9 rings (SSSR count). The Morgan fingerprint density at radius 1 is 0.444 bits per heavy atom. The second-order valence-corrected chi connectivity index (χ2v) is 12.4. The maximum absolute atomic E-state index is 6.34. The first-order valence-corrected chi connectivity index (χ1v) is 16.0. The van der Waals surface area contributed by atoms with Crippen LogP contribution < -0.4 is 4.90 Å². The number of hydrogen-bond donors (Lipinski definition) is 0. The number of benzene rings is 7. The fourth-order valence-corrected chi connectivity index (χ4v) is 7.83. The second kappa shape index (κ2) is 10.5. The van der Waals surface area contributed by atoms with Crippen LogP contribution in [0.4, 0.5) is 17.1 Å². The molecule has 0 spiro atoms. The number of furan rings is 1. The zero-order valence-electron chi connectivity index (χ0n) is 24.4. The second-order valence-electron chi connectivity index (χ2n) is 11.3. The van der Waals surface area contributed by atoms with E-state index in [1.54, 1.807) is 0 Å². The molecule has 0 aliphatic rings. The van der Waals surface area contributed by atoms with Crippen molar-refractivity contribution in [3.05, 3.63) is 164 Å². The third-order valence-electron chi connectivity index (χ3n) is 8.67. The summed E-state index contributed by atoms with van der Waals surface area (Å²) in [6, 6.07) is 58.4. The number of fused-ring (bicyclic) bond motifs is 6. The molecule has 7 aromatic carbocycles. The maximum Gasteiger partial charge on any atom is 0.137 e. The summed E-state index contributed by atoms with van der Waals surface area (Å²) in [6.07, 6.45) is 0. The van der Waals surface area contributed by atoms with E-state index in [4.69, 9.17) is 4.42 Å². The molecule has 0 aliphatic carbocycles. The van der Waals surface area contributed by atoms with Gasteiger partial charge in [0.05, 0.1) is 11.1 Å². The fraction of sp³-hybridized carbons (Fsp3) is 0. The highest BCUT2D eigenvalue weighted by molar-refractivity contribution is 7.26. The molecule has 0 saturated carbocycles. The molecular weight excluding hydrogens is 567 g/mol. The van der Waals surface area contributed by atoms with Crippen LogP contribution in [0.25, 0.3) is 64.4 Å². The Bertz CT molecular complexity index is 2490. The molecule has 0 fully saturated rings. The topological polar surface area (TPSA) is 16.4 Å². The van der Waals surface area contributed by atoms with Gasteiger partial charge in [0.25, 0.3) is 0 Å². The zero-order chi connectivity index (χ0) is 29.7. The van der Waals surface area contributed by atoms with Crippen LogP contribution >= 0.6 is 11.3 Å². The number of rotatable bonds is 5. The van der Waals surface area contributed by atoms with Gasteiger partial charge in [-0.1, -0.05) is 115 Å². The molecule has 45 heavy (non-hydrogen) atoms. The molecule has 9 aromatic rings. The molecule has 0 aliphatic heterocycles. The third kappa shape index (κ3) is 4.32. The van der Waals surface area contributed by atoms with Gasteiger partial charge in [-0.25, -0.2) is 0 Å². The summed E-state index contributed by atoms with van der Waals surface area (Å²) in [5.74, 6) is 0. The Morgan fingerprint density at radius 2 is 1.11 bits per heavy atom. The van der Waals surface area contributed by atoms with E-state index < -0.39 is 0 Å². The molecule has 212 valence electrons. The summed E-state index contributed by atoms with van der Waals surface area (Å²) in [4.78, 5) is 2.37. The van der Waals surface area contributed by atoms with Crippen LogP contribution in [0.1, 0.15) is 0 Å². The van der Waals surface area contributed by atoms with E-state index in [-0.39, 0.29) is 0 Å². The van der Waals surface area contributed by atoms with Crippen molar-refractivity contribution >= 4 is 70.5 Å². The minimum Gasteiger partial charge on any atom is -0.456 e. The molecule has 2 nitrogen and oxygen atoms in total. The molecule has 2 heterocycles. The number of para-hydroxylation sites is 1. The zero-order valence-corrected chi connectivity index (χ0v) is 25.2. The molecular formula is C42H27NOS. The predicted octanol–water partition coefficient (Wildman–Crippen LogP) is 12.8. The minimum absolute atomic E-state index is 0.880. The van der Waals surface area contributed by atoms with E-state index in [9.17, 15) is 0 Å². The average Bonchev–Trinajstić information content (AvgIpc) is 3.68. The van der Waals surface area contributed by atoms with Gasteiger partial charge in [0, 0.05) is 36.9 Å². The Morgan fingerprint density at radius 3 is 2.00 bits per heavy atom. The van der Waals surface area contributed by atoms with Gasteiger partial charge in [0.2, 0.25) is 0 Å². The van der Waals surface area contributed by atoms with Crippen molar-refractivity contribution in [1.82, 2.24) is 0 Å². The first kappa shape index (κ1) is 25.8. The highest BCUT2D eigenvalue weighted by Crippen LogP contribution is 2.45. The highest BCUT2D eigenvalue weighted by atomic mass is 32.1. The highest BCUT2D eigenvalue weighted by Gasteiger charge is 2.20. The van der Waals surface area contributed by atoms with Gasteiger partial charge in [-0.15, -0.1) is 11.3 Å². The van der Waals surface area contributed by atoms with Crippen LogP contribution in [-0.4, -0.2) is 0 Å². The molecule has 0 N–H and O–H groups in total. The Balaban J connectivity index is 1.26. The summed E-state index contributed by atoms with van der Waals surface area (Å²) in [5.41, 5.74) is 9.88. The van der Waals surface area contributed by atoms with Crippen molar-refractivity contribution in [2.45, 2.75) is 0 Å². The van der Waals surface area contributed by atoms with Gasteiger partial charge in [-0.3, -0.25) is 0 Å². The van der Waals surface area contributed by atoms with Crippen molar-refractivity contribution in [2.24, 2.45) is 0 Å². The van der Waals surface area contributed by atoms with Crippen molar-refractivity contribution in [1.29, 1.82) is 0 Å². The lowest BCUT2D eigenvalue weighted by Crippen LogP contribution is -2.10. The van der Waals surface area contributed by atoms with Crippen molar-refractivity contribution in [3.8, 4) is 22.3 Å². The molecule has 0 radical (unpaired) electrons. The molecule has 0 atom stereocenters. The number of nitrogens with zero attached hydrogens (tertiary/aromatic N) is 1. The van der Waals surface area contributed by atoms with Crippen LogP contribution in [0.5, 0.6) is 0 Å². The van der Waals surface area contributed by atoms with E-state index in [2.05, 4.69) is 157 Å². The van der Waals surface area contributed by atoms with Crippen LogP contribution in [0, 0.1) is 0 Å². The van der Waals surface area contributed by atoms with Crippen LogP contribution in [-0.2, 0) is 0 Å². The van der Waals surface area contributed by atoms with Gasteiger partial charge < -0.3 is 9.32 Å². The van der Waals surface area contributed by atoms with Gasteiger partial charge in [-0.2, -0.15) is 0 Å². The maximum atomic E-state index is 6.34. The van der Waals surface area contributed by atoms with E-state index in [1.165, 1.54) is 42.4 Å². The normalized spacial score (nSPS) is 11.6. The smallest absolute Gasteiger partial charge is 0.137 e. The summed E-state index contributed by atoms with van der Waals surface area (Å²) < 4.78 is 8.97. The lowest BCUT2D eigenvalue weighted by atomic mass is 10.0. The monoisotopic (exact) mass is 593 g/mol. The summed E-state index contributed by atoms with van der Waals surface area (Å²) in [6.45, 7) is 0. The first-order valence-electron chi connectivity index (χ1n) is 15.2. The van der Waals surface area contributed by atoms with Crippen LogP contribution in [0.3, 0.4) is 0 Å². The lowest BCUT2D eigenvalue weighted by Gasteiger charge is -2.27. The van der Waals surface area contributed by atoms with E-state index in [0.29, 0.717) is 0 Å². The van der Waals surface area contributed by atoms with Gasteiger partial charge in [-0.05, 0) is 70.8 Å². The van der Waals surface area contributed by atoms with Crippen molar-refractivity contribution < 1.29 is 4.42 Å². The molecule has 0 amide bonds. The Hall–Kier alpha value is -5.64. The molecule has 0 bridgehead atoms. The number of anilines is 3. The summed E-state index contributed by atoms with van der Waals surface area (Å²) in [5, 5.41) is 4.84. The summed E-state index contributed by atoms with van der Waals surface area (Å²) in [7, 11) is 0. The van der Waals surface area contributed by atoms with Crippen LogP contribution in [0.15, 0.2) is 168 Å². The summed E-state index contributed by atoms with van der Waals surface area (Å²) >= 11 is 1.87. The Kier molecular flexibility index (Phi) is 6.03. The van der Waals surface area contributed by atoms with Gasteiger partial charge in [0.1, 0.15) is 11.2 Å². The number of thiophene rings is 1. The quantitative estimate of drug-likeness (QED) is 0.197. The van der Waals surface area contributed by atoms with E-state index in [1.807, 2.05) is 23.5 Å². The van der Waals surface area contributed by atoms with Crippen molar-refractivity contribution in [3.63, 3.8) is 0 Å². The fourth-order valence-electron chi connectivity index (χ4n) is 6.59. The van der Waals surface area contributed by atoms with E-state index in [0.717, 1.165) is 39.0 Å². The SMILES string of the molecule is c1ccc(-c2ccc(N(c3cccc(-c4cccc5c4sc4ccccc45)c3)c3cccc4oc5ccccc5c34)cc2)cc1. The largest absolute Gasteiger partial charge is 0.456 e. The van der Waals surface area contributed by atoms with Crippen molar-refractivity contribution in [2.75, 3.05) is 4.90 Å². The van der Waals surface area contributed by atoms with E-state index >= 15 is 0 Å². The molecule has 2 aromatic heterocycles. The Labute approximate surface area is 265 Å². The van der Waals surface area contributed by atoms with Gasteiger partial charge in [0.15, 0.2) is 0 Å².